The van der Waals surface area contributed by atoms with Gasteiger partial charge in [0.25, 0.3) is 0 Å². The molecule has 0 radical (unpaired) electrons. The van der Waals surface area contributed by atoms with Gasteiger partial charge in [-0.2, -0.15) is 0 Å². The van der Waals surface area contributed by atoms with E-state index in [2.05, 4.69) is 110 Å². The largest absolute Gasteiger partial charge is 0.456 e. The number of fused-ring (bicyclic) bond motifs is 6. The van der Waals surface area contributed by atoms with Crippen molar-refractivity contribution in [1.29, 1.82) is 0 Å². The summed E-state index contributed by atoms with van der Waals surface area (Å²) in [4.78, 5) is 15.1. The van der Waals surface area contributed by atoms with Crippen LogP contribution < -0.4 is 0 Å². The van der Waals surface area contributed by atoms with Crippen LogP contribution in [0.5, 0.6) is 0 Å². The first-order valence-corrected chi connectivity index (χ1v) is 17.3. The minimum absolute atomic E-state index is 0.222. The Labute approximate surface area is 295 Å². The summed E-state index contributed by atoms with van der Waals surface area (Å²) in [6.45, 7) is 2.09. The van der Waals surface area contributed by atoms with Gasteiger partial charge in [-0.05, 0) is 81.8 Å². The highest BCUT2D eigenvalue weighted by atomic mass is 16.3. The maximum absolute atomic E-state index is 6.53. The fraction of sp³-hybridized carbons (Fsp3) is 0.0426. The van der Waals surface area contributed by atoms with Crippen molar-refractivity contribution in [1.82, 2.24) is 15.0 Å². The third-order valence-electron chi connectivity index (χ3n) is 10.0. The molecular formula is C47H31N3O. The second-order valence-electron chi connectivity index (χ2n) is 13.3. The van der Waals surface area contributed by atoms with Crippen molar-refractivity contribution in [3.8, 4) is 56.4 Å². The molecule has 2 aromatic heterocycles. The Bertz CT molecular complexity index is 2690. The van der Waals surface area contributed by atoms with E-state index < -0.39 is 0 Å². The first kappa shape index (κ1) is 29.3. The van der Waals surface area contributed by atoms with Crippen molar-refractivity contribution in [2.75, 3.05) is 0 Å². The van der Waals surface area contributed by atoms with Gasteiger partial charge in [-0.3, -0.25) is 0 Å². The van der Waals surface area contributed by atoms with Crippen LogP contribution in [0.15, 0.2) is 168 Å². The highest BCUT2D eigenvalue weighted by molar-refractivity contribution is 6.13. The number of hydrogen-bond donors (Lipinski definition) is 0. The van der Waals surface area contributed by atoms with Crippen LogP contribution in [0.3, 0.4) is 0 Å². The lowest BCUT2D eigenvalue weighted by molar-refractivity contribution is 0.668. The van der Waals surface area contributed by atoms with E-state index in [1.165, 1.54) is 33.4 Å². The molecule has 4 heteroatoms. The predicted octanol–water partition coefficient (Wildman–Crippen LogP) is 11.9. The van der Waals surface area contributed by atoms with Gasteiger partial charge in [0.2, 0.25) is 0 Å². The van der Waals surface area contributed by atoms with Gasteiger partial charge in [-0.15, -0.1) is 0 Å². The molecule has 9 aromatic rings. The van der Waals surface area contributed by atoms with Gasteiger partial charge < -0.3 is 4.42 Å². The van der Waals surface area contributed by atoms with E-state index in [0.29, 0.717) is 17.5 Å². The Morgan fingerprint density at radius 1 is 0.431 bits per heavy atom. The molecule has 0 saturated heterocycles. The van der Waals surface area contributed by atoms with Crippen molar-refractivity contribution in [3.05, 3.63) is 186 Å². The Balaban J connectivity index is 1.15. The number of benzene rings is 7. The van der Waals surface area contributed by atoms with Gasteiger partial charge >= 0.3 is 0 Å². The Hall–Kier alpha value is -6.65. The average molecular weight is 654 g/mol. The first-order chi connectivity index (χ1) is 25.2. The molecule has 0 spiro atoms. The highest BCUT2D eigenvalue weighted by Gasteiger charge is 2.30. The third-order valence-corrected chi connectivity index (χ3v) is 10.0. The van der Waals surface area contributed by atoms with Crippen LogP contribution in [0, 0.1) is 6.92 Å². The minimum Gasteiger partial charge on any atom is -0.456 e. The predicted molar refractivity (Wildman–Crippen MR) is 206 cm³/mol. The molecular weight excluding hydrogens is 623 g/mol. The van der Waals surface area contributed by atoms with Gasteiger partial charge in [0.1, 0.15) is 11.2 Å². The van der Waals surface area contributed by atoms with E-state index >= 15 is 0 Å². The highest BCUT2D eigenvalue weighted by Crippen LogP contribution is 2.49. The maximum Gasteiger partial charge on any atom is 0.164 e. The van der Waals surface area contributed by atoms with E-state index in [4.69, 9.17) is 19.4 Å². The number of nitrogens with zero attached hydrogens (tertiary/aromatic N) is 3. The second-order valence-corrected chi connectivity index (χ2v) is 13.3. The molecule has 0 amide bonds. The van der Waals surface area contributed by atoms with Gasteiger partial charge in [-0.25, -0.2) is 15.0 Å². The third kappa shape index (κ3) is 4.95. The lowest BCUT2D eigenvalue weighted by Gasteiger charge is -2.14. The second kappa shape index (κ2) is 11.7. The topological polar surface area (TPSA) is 51.8 Å². The summed E-state index contributed by atoms with van der Waals surface area (Å²) in [6.07, 6.45) is 0. The number of hydrogen-bond acceptors (Lipinski definition) is 4. The van der Waals surface area contributed by atoms with Crippen molar-refractivity contribution in [2.45, 2.75) is 12.8 Å². The number of aromatic nitrogens is 3. The lowest BCUT2D eigenvalue weighted by atomic mass is 9.89. The molecule has 0 fully saturated rings. The number of furan rings is 1. The molecule has 51 heavy (non-hydrogen) atoms. The normalized spacial score (nSPS) is 13.4. The first-order valence-electron chi connectivity index (χ1n) is 17.3. The van der Waals surface area contributed by atoms with E-state index in [9.17, 15) is 0 Å². The molecule has 0 saturated carbocycles. The Morgan fingerprint density at radius 2 is 1.02 bits per heavy atom. The summed E-state index contributed by atoms with van der Waals surface area (Å²) >= 11 is 0. The van der Waals surface area contributed by atoms with Crippen molar-refractivity contribution >= 4 is 21.9 Å². The molecule has 0 bridgehead atoms. The van der Waals surface area contributed by atoms with Gasteiger partial charge in [0.05, 0.1) is 0 Å². The molecule has 7 aromatic carbocycles. The molecule has 4 nitrogen and oxygen atoms in total. The summed E-state index contributed by atoms with van der Waals surface area (Å²) in [5, 5.41) is 2.03. The zero-order valence-electron chi connectivity index (χ0n) is 27.9. The standard InChI is InChI=1S/C47H31N3O/c1-29-25-40(47-49-45(31-15-7-3-8-16-31)48-46(50-47)32-17-9-4-10-18-32)44-39-28-34(22-24-41(39)51-42(44)26-29)33-21-23-37-38(27-33)35-19-11-12-20-36(35)43(37)30-13-5-2-6-14-30/h2-28,43H,1H3. The van der Waals surface area contributed by atoms with E-state index in [1.807, 2.05) is 60.7 Å². The van der Waals surface area contributed by atoms with Crippen molar-refractivity contribution < 1.29 is 4.42 Å². The summed E-state index contributed by atoms with van der Waals surface area (Å²) in [7, 11) is 0. The van der Waals surface area contributed by atoms with Crippen LogP contribution in [0.4, 0.5) is 0 Å². The van der Waals surface area contributed by atoms with Crippen LogP contribution in [0.25, 0.3) is 78.4 Å². The number of aryl methyl sites for hydroxylation is 1. The molecule has 1 unspecified atom stereocenters. The SMILES string of the molecule is Cc1cc(-c2nc(-c3ccccc3)nc(-c3ccccc3)n2)c2c(c1)oc1ccc(-c3ccc4c(c3)-c3ccccc3C4c3ccccc3)cc12. The minimum atomic E-state index is 0.222. The monoisotopic (exact) mass is 653 g/mol. The summed E-state index contributed by atoms with van der Waals surface area (Å²) < 4.78 is 6.53. The molecule has 1 aliphatic carbocycles. The quantitative estimate of drug-likeness (QED) is 0.185. The van der Waals surface area contributed by atoms with E-state index in [-0.39, 0.29) is 5.92 Å². The van der Waals surface area contributed by atoms with E-state index in [1.54, 1.807) is 0 Å². The zero-order valence-corrected chi connectivity index (χ0v) is 27.9. The van der Waals surface area contributed by atoms with Gasteiger partial charge in [0.15, 0.2) is 17.5 Å². The summed E-state index contributed by atoms with van der Waals surface area (Å²) in [5.74, 6) is 2.11. The molecule has 2 heterocycles. The molecule has 10 rings (SSSR count). The molecule has 240 valence electrons. The fourth-order valence-corrected chi connectivity index (χ4v) is 7.72. The van der Waals surface area contributed by atoms with Crippen LogP contribution in [0.1, 0.15) is 28.2 Å². The zero-order chi connectivity index (χ0) is 33.9. The molecule has 0 N–H and O–H groups in total. The van der Waals surface area contributed by atoms with Crippen LogP contribution in [0.2, 0.25) is 0 Å². The van der Waals surface area contributed by atoms with Gasteiger partial charge in [-0.1, -0.05) is 133 Å². The summed E-state index contributed by atoms with van der Waals surface area (Å²) in [6, 6.07) is 57.6. The van der Waals surface area contributed by atoms with Gasteiger partial charge in [0, 0.05) is 33.4 Å². The Morgan fingerprint density at radius 3 is 1.75 bits per heavy atom. The Kier molecular flexibility index (Phi) is 6.75. The van der Waals surface area contributed by atoms with Crippen LogP contribution in [-0.4, -0.2) is 15.0 Å². The van der Waals surface area contributed by atoms with Crippen LogP contribution >= 0.6 is 0 Å². The molecule has 1 aliphatic rings. The van der Waals surface area contributed by atoms with Crippen LogP contribution in [-0.2, 0) is 0 Å². The molecule has 0 aliphatic heterocycles. The number of rotatable bonds is 5. The maximum atomic E-state index is 6.53. The molecule has 1 atom stereocenters. The van der Waals surface area contributed by atoms with E-state index in [0.717, 1.165) is 49.8 Å². The summed E-state index contributed by atoms with van der Waals surface area (Å²) in [5.41, 5.74) is 14.4. The van der Waals surface area contributed by atoms with Crippen molar-refractivity contribution in [3.63, 3.8) is 0 Å². The smallest absolute Gasteiger partial charge is 0.164 e. The fourth-order valence-electron chi connectivity index (χ4n) is 7.72. The van der Waals surface area contributed by atoms with Crippen molar-refractivity contribution in [2.24, 2.45) is 0 Å². The average Bonchev–Trinajstić information content (AvgIpc) is 3.73. The lowest BCUT2D eigenvalue weighted by Crippen LogP contribution is -2.00.